The summed E-state index contributed by atoms with van der Waals surface area (Å²) in [6, 6.07) is 2.48. The standard InChI is InChI=1S/C9H10N4O3S/c1-4-6(12-9(11)17)2-5(8(10)14)3-7(4)13(15)16/h2-3H,1H3,(H2,10,14)(H3,11,12,17). The Hall–Kier alpha value is -2.22. The summed E-state index contributed by atoms with van der Waals surface area (Å²) in [5.74, 6) is -0.765. The lowest BCUT2D eigenvalue weighted by Gasteiger charge is -2.09. The molecule has 1 amide bonds. The minimum atomic E-state index is -0.765. The molecule has 1 aromatic carbocycles. The molecular weight excluding hydrogens is 244 g/mol. The number of primary amides is 1. The maximum absolute atomic E-state index is 11.0. The zero-order valence-corrected chi connectivity index (χ0v) is 9.71. The number of nitrogens with one attached hydrogen (secondary N) is 1. The van der Waals surface area contributed by atoms with Crippen LogP contribution in [0.15, 0.2) is 12.1 Å². The molecule has 0 aliphatic heterocycles. The Labute approximate surface area is 102 Å². The van der Waals surface area contributed by atoms with Crippen molar-refractivity contribution >= 4 is 34.6 Å². The SMILES string of the molecule is Cc1c(NC(N)=S)cc(C(N)=O)cc1[N+](=O)[O-]. The molecule has 5 N–H and O–H groups in total. The number of nitrogens with zero attached hydrogens (tertiary/aromatic N) is 1. The van der Waals surface area contributed by atoms with Gasteiger partial charge in [-0.05, 0) is 25.2 Å². The Kier molecular flexibility index (Phi) is 3.59. The third kappa shape index (κ3) is 2.88. The summed E-state index contributed by atoms with van der Waals surface area (Å²) >= 11 is 4.64. The van der Waals surface area contributed by atoms with E-state index in [9.17, 15) is 14.9 Å². The first-order valence-corrected chi connectivity index (χ1v) is 4.89. The van der Waals surface area contributed by atoms with Gasteiger partial charge in [0.05, 0.1) is 16.2 Å². The fraction of sp³-hybridized carbons (Fsp3) is 0.111. The van der Waals surface area contributed by atoms with Crippen molar-refractivity contribution in [2.45, 2.75) is 6.92 Å². The van der Waals surface area contributed by atoms with E-state index in [1.807, 2.05) is 0 Å². The van der Waals surface area contributed by atoms with Crippen LogP contribution >= 0.6 is 12.2 Å². The van der Waals surface area contributed by atoms with E-state index in [0.29, 0.717) is 11.3 Å². The molecule has 0 bridgehead atoms. The Balaban J connectivity index is 3.42. The molecule has 90 valence electrons. The number of hydrogen-bond acceptors (Lipinski definition) is 4. The molecule has 0 aromatic heterocycles. The molecule has 17 heavy (non-hydrogen) atoms. The van der Waals surface area contributed by atoms with Gasteiger partial charge in [-0.1, -0.05) is 0 Å². The second-order valence-corrected chi connectivity index (χ2v) is 3.72. The number of carbonyl (C=O) groups excluding carboxylic acids is 1. The van der Waals surface area contributed by atoms with Crippen LogP contribution in [0.5, 0.6) is 0 Å². The van der Waals surface area contributed by atoms with Crippen LogP contribution in [0.3, 0.4) is 0 Å². The molecule has 0 heterocycles. The fourth-order valence-electron chi connectivity index (χ4n) is 1.29. The molecule has 0 saturated heterocycles. The van der Waals surface area contributed by atoms with Crippen molar-refractivity contribution in [2.75, 3.05) is 5.32 Å². The molecule has 0 aliphatic carbocycles. The third-order valence-electron chi connectivity index (χ3n) is 2.12. The summed E-state index contributed by atoms with van der Waals surface area (Å²) in [5, 5.41) is 13.3. The first-order valence-electron chi connectivity index (χ1n) is 4.48. The summed E-state index contributed by atoms with van der Waals surface area (Å²) < 4.78 is 0. The van der Waals surface area contributed by atoms with Crippen LogP contribution in [0.2, 0.25) is 0 Å². The second-order valence-electron chi connectivity index (χ2n) is 3.28. The van der Waals surface area contributed by atoms with E-state index in [4.69, 9.17) is 11.5 Å². The molecule has 1 aromatic rings. The van der Waals surface area contributed by atoms with E-state index in [0.717, 1.165) is 6.07 Å². The highest BCUT2D eigenvalue weighted by Gasteiger charge is 2.18. The lowest BCUT2D eigenvalue weighted by Crippen LogP contribution is -2.21. The zero-order valence-electron chi connectivity index (χ0n) is 8.89. The van der Waals surface area contributed by atoms with Crippen molar-refractivity contribution in [3.8, 4) is 0 Å². The van der Waals surface area contributed by atoms with Gasteiger partial charge in [-0.25, -0.2) is 0 Å². The third-order valence-corrected chi connectivity index (χ3v) is 2.22. The fourth-order valence-corrected chi connectivity index (χ4v) is 1.40. The number of rotatable bonds is 3. The van der Waals surface area contributed by atoms with Crippen LogP contribution in [0.4, 0.5) is 11.4 Å². The van der Waals surface area contributed by atoms with Crippen LogP contribution in [0, 0.1) is 17.0 Å². The quantitative estimate of drug-likeness (QED) is 0.413. The van der Waals surface area contributed by atoms with E-state index in [1.165, 1.54) is 13.0 Å². The molecule has 0 spiro atoms. The first kappa shape index (κ1) is 12.8. The zero-order chi connectivity index (χ0) is 13.2. The Morgan fingerprint density at radius 2 is 2.06 bits per heavy atom. The summed E-state index contributed by atoms with van der Waals surface area (Å²) in [7, 11) is 0. The number of benzene rings is 1. The van der Waals surface area contributed by atoms with Gasteiger partial charge in [-0.3, -0.25) is 14.9 Å². The Morgan fingerprint density at radius 1 is 1.47 bits per heavy atom. The predicted molar refractivity (Wildman–Crippen MR) is 66.8 cm³/mol. The normalized spacial score (nSPS) is 9.71. The summed E-state index contributed by atoms with van der Waals surface area (Å²) in [6.45, 7) is 1.52. The van der Waals surface area contributed by atoms with Crippen LogP contribution < -0.4 is 16.8 Å². The van der Waals surface area contributed by atoms with Gasteiger partial charge in [0.15, 0.2) is 5.11 Å². The molecule has 7 nitrogen and oxygen atoms in total. The van der Waals surface area contributed by atoms with Gasteiger partial charge >= 0.3 is 0 Å². The van der Waals surface area contributed by atoms with Crippen molar-refractivity contribution < 1.29 is 9.72 Å². The van der Waals surface area contributed by atoms with Gasteiger partial charge in [-0.2, -0.15) is 0 Å². The molecule has 1 rings (SSSR count). The lowest BCUT2D eigenvalue weighted by molar-refractivity contribution is -0.385. The van der Waals surface area contributed by atoms with E-state index in [2.05, 4.69) is 17.5 Å². The first-order chi connectivity index (χ1) is 7.82. The maximum atomic E-state index is 11.0. The number of nitrogens with two attached hydrogens (primary N) is 2. The number of amides is 1. The number of thiocarbonyl (C=S) groups is 1. The van der Waals surface area contributed by atoms with E-state index < -0.39 is 10.8 Å². The van der Waals surface area contributed by atoms with Gasteiger partial charge in [0.2, 0.25) is 5.91 Å². The van der Waals surface area contributed by atoms with Crippen molar-refractivity contribution in [2.24, 2.45) is 11.5 Å². The molecule has 0 aliphatic rings. The highest BCUT2D eigenvalue weighted by molar-refractivity contribution is 7.80. The van der Waals surface area contributed by atoms with Gasteiger partial charge in [-0.15, -0.1) is 0 Å². The summed E-state index contributed by atoms with van der Waals surface area (Å²) in [5.41, 5.74) is 10.8. The summed E-state index contributed by atoms with van der Waals surface area (Å²) in [6.07, 6.45) is 0. The number of nitro groups is 1. The van der Waals surface area contributed by atoms with Gasteiger partial charge in [0.1, 0.15) is 0 Å². The van der Waals surface area contributed by atoms with Crippen LogP contribution in [0.1, 0.15) is 15.9 Å². The highest BCUT2D eigenvalue weighted by atomic mass is 32.1. The van der Waals surface area contributed by atoms with Gasteiger partial charge < -0.3 is 16.8 Å². The molecule has 0 saturated carbocycles. The number of hydrogen-bond donors (Lipinski definition) is 3. The maximum Gasteiger partial charge on any atom is 0.275 e. The van der Waals surface area contributed by atoms with Crippen molar-refractivity contribution in [1.82, 2.24) is 0 Å². The number of nitro benzene ring substituents is 1. The molecule has 0 atom stereocenters. The second kappa shape index (κ2) is 4.74. The Bertz CT molecular complexity index is 515. The average Bonchev–Trinajstić information content (AvgIpc) is 2.19. The molecule has 8 heteroatoms. The molecule has 0 radical (unpaired) electrons. The van der Waals surface area contributed by atoms with E-state index in [1.54, 1.807) is 0 Å². The topological polar surface area (TPSA) is 124 Å². The minimum Gasteiger partial charge on any atom is -0.376 e. The van der Waals surface area contributed by atoms with Crippen LogP contribution in [-0.2, 0) is 0 Å². The van der Waals surface area contributed by atoms with Crippen molar-refractivity contribution in [1.29, 1.82) is 0 Å². The average molecular weight is 254 g/mol. The number of anilines is 1. The lowest BCUT2D eigenvalue weighted by atomic mass is 10.1. The monoisotopic (exact) mass is 254 g/mol. The van der Waals surface area contributed by atoms with Crippen molar-refractivity contribution in [3.05, 3.63) is 33.4 Å². The molecule has 0 fully saturated rings. The molecule has 0 unspecified atom stereocenters. The van der Waals surface area contributed by atoms with E-state index in [-0.39, 0.29) is 16.4 Å². The number of carbonyl (C=O) groups is 1. The Morgan fingerprint density at radius 3 is 2.47 bits per heavy atom. The van der Waals surface area contributed by atoms with Crippen molar-refractivity contribution in [3.63, 3.8) is 0 Å². The van der Waals surface area contributed by atoms with Gasteiger partial charge in [0, 0.05) is 11.6 Å². The van der Waals surface area contributed by atoms with Gasteiger partial charge in [0.25, 0.3) is 5.69 Å². The summed E-state index contributed by atoms with van der Waals surface area (Å²) in [4.78, 5) is 21.2. The predicted octanol–water partition coefficient (Wildman–Crippen LogP) is 0.658. The largest absolute Gasteiger partial charge is 0.376 e. The van der Waals surface area contributed by atoms with Crippen LogP contribution in [0.25, 0.3) is 0 Å². The minimum absolute atomic E-state index is 0.0149. The van der Waals surface area contributed by atoms with E-state index >= 15 is 0 Å². The highest BCUT2D eigenvalue weighted by Crippen LogP contribution is 2.27. The van der Waals surface area contributed by atoms with Crippen LogP contribution in [-0.4, -0.2) is 15.9 Å². The molecular formula is C9H10N4O3S. The smallest absolute Gasteiger partial charge is 0.275 e.